The molecule has 3 aromatic rings. The molecule has 2 aromatic heterocycles. The molecule has 130 valence electrons. The molecule has 0 radical (unpaired) electrons. The van der Waals surface area contributed by atoms with E-state index in [1.54, 1.807) is 29.8 Å². The molecule has 0 fully saturated rings. The Morgan fingerprint density at radius 3 is 2.80 bits per heavy atom. The van der Waals surface area contributed by atoms with Crippen LogP contribution in [-0.2, 0) is 11.3 Å². The first-order valence-corrected chi connectivity index (χ1v) is 7.96. The highest BCUT2D eigenvalue weighted by Crippen LogP contribution is 2.20. The summed E-state index contributed by atoms with van der Waals surface area (Å²) in [6.45, 7) is 5.78. The maximum absolute atomic E-state index is 13.3. The summed E-state index contributed by atoms with van der Waals surface area (Å²) in [7, 11) is 0. The van der Waals surface area contributed by atoms with Crippen molar-refractivity contribution in [3.8, 4) is 11.3 Å². The van der Waals surface area contributed by atoms with Crippen LogP contribution < -0.4 is 5.32 Å². The van der Waals surface area contributed by atoms with Crippen LogP contribution in [0.3, 0.4) is 0 Å². The van der Waals surface area contributed by atoms with E-state index in [-0.39, 0.29) is 18.3 Å². The van der Waals surface area contributed by atoms with Crippen LogP contribution in [0.25, 0.3) is 11.3 Å². The Labute approximate surface area is 144 Å². The molecule has 1 aromatic carbocycles. The number of aryl methyl sites for hydroxylation is 2. The number of carbonyl (C=O) groups is 1. The fourth-order valence-electron chi connectivity index (χ4n) is 2.65. The van der Waals surface area contributed by atoms with Gasteiger partial charge in [-0.1, -0.05) is 17.3 Å². The molecule has 0 aliphatic heterocycles. The molecule has 0 saturated heterocycles. The van der Waals surface area contributed by atoms with Crippen molar-refractivity contribution in [1.82, 2.24) is 20.3 Å². The molecule has 0 spiro atoms. The molecule has 25 heavy (non-hydrogen) atoms. The number of carbonyl (C=O) groups excluding carboxylic acids is 1. The molecule has 3 rings (SSSR count). The Morgan fingerprint density at radius 1 is 1.32 bits per heavy atom. The SMILES string of the molecule is Cc1cc(C)n(C(C)C(=O)NCc2cc(-c3cccc(F)c3)no2)n1. The van der Waals surface area contributed by atoms with Crippen LogP contribution in [0.4, 0.5) is 4.39 Å². The predicted octanol–water partition coefficient (Wildman–Crippen LogP) is 3.17. The smallest absolute Gasteiger partial charge is 0.244 e. The zero-order valence-electron chi connectivity index (χ0n) is 14.3. The number of aromatic nitrogens is 3. The monoisotopic (exact) mass is 342 g/mol. The van der Waals surface area contributed by atoms with Gasteiger partial charge in [-0.3, -0.25) is 9.48 Å². The van der Waals surface area contributed by atoms with Crippen molar-refractivity contribution in [3.63, 3.8) is 0 Å². The number of benzene rings is 1. The Bertz CT molecular complexity index is 900. The van der Waals surface area contributed by atoms with Gasteiger partial charge in [0.25, 0.3) is 0 Å². The molecular weight excluding hydrogens is 323 g/mol. The van der Waals surface area contributed by atoms with Gasteiger partial charge < -0.3 is 9.84 Å². The summed E-state index contributed by atoms with van der Waals surface area (Å²) in [6, 6.07) is 9.27. The number of hydrogen-bond acceptors (Lipinski definition) is 4. The standard InChI is InChI=1S/C18H19FN4O2/c1-11-7-12(2)23(21-11)13(3)18(24)20-10-16-9-17(22-25-16)14-5-4-6-15(19)8-14/h4-9,13H,10H2,1-3H3,(H,20,24). The number of amides is 1. The maximum atomic E-state index is 13.3. The van der Waals surface area contributed by atoms with Crippen molar-refractivity contribution >= 4 is 5.91 Å². The van der Waals surface area contributed by atoms with E-state index >= 15 is 0 Å². The number of hydrogen-bond donors (Lipinski definition) is 1. The average molecular weight is 342 g/mol. The van der Waals surface area contributed by atoms with Crippen LogP contribution in [0, 0.1) is 19.7 Å². The molecule has 1 atom stereocenters. The van der Waals surface area contributed by atoms with Crippen molar-refractivity contribution < 1.29 is 13.7 Å². The Balaban J connectivity index is 1.64. The van der Waals surface area contributed by atoms with E-state index < -0.39 is 6.04 Å². The van der Waals surface area contributed by atoms with E-state index in [1.165, 1.54) is 12.1 Å². The average Bonchev–Trinajstić information content (AvgIpc) is 3.18. The van der Waals surface area contributed by atoms with E-state index in [9.17, 15) is 9.18 Å². The zero-order chi connectivity index (χ0) is 18.0. The second kappa shape index (κ2) is 6.88. The molecule has 6 nitrogen and oxygen atoms in total. The second-order valence-corrected chi connectivity index (χ2v) is 5.95. The maximum Gasteiger partial charge on any atom is 0.244 e. The van der Waals surface area contributed by atoms with Crippen LogP contribution >= 0.6 is 0 Å². The second-order valence-electron chi connectivity index (χ2n) is 5.95. The van der Waals surface area contributed by atoms with E-state index in [0.717, 1.165) is 11.4 Å². The van der Waals surface area contributed by atoms with Gasteiger partial charge in [-0.05, 0) is 39.0 Å². The quantitative estimate of drug-likeness (QED) is 0.773. The van der Waals surface area contributed by atoms with Crippen molar-refractivity contribution in [3.05, 3.63) is 59.4 Å². The topological polar surface area (TPSA) is 73.0 Å². The number of halogens is 1. The zero-order valence-corrected chi connectivity index (χ0v) is 14.3. The predicted molar refractivity (Wildman–Crippen MR) is 90.2 cm³/mol. The van der Waals surface area contributed by atoms with Gasteiger partial charge >= 0.3 is 0 Å². The van der Waals surface area contributed by atoms with E-state index in [2.05, 4.69) is 15.6 Å². The number of nitrogens with one attached hydrogen (secondary N) is 1. The third-order valence-corrected chi connectivity index (χ3v) is 3.91. The number of rotatable bonds is 5. The summed E-state index contributed by atoms with van der Waals surface area (Å²) in [5.74, 6) is -0.0165. The molecule has 2 heterocycles. The van der Waals surface area contributed by atoms with Crippen LogP contribution in [-0.4, -0.2) is 20.8 Å². The minimum Gasteiger partial charge on any atom is -0.359 e. The molecule has 0 saturated carbocycles. The van der Waals surface area contributed by atoms with Gasteiger partial charge in [0.05, 0.1) is 12.2 Å². The van der Waals surface area contributed by atoms with Crippen LogP contribution in [0.1, 0.15) is 30.1 Å². The minimum absolute atomic E-state index is 0.171. The molecule has 7 heteroatoms. The Morgan fingerprint density at radius 2 is 2.12 bits per heavy atom. The lowest BCUT2D eigenvalue weighted by atomic mass is 10.1. The lowest BCUT2D eigenvalue weighted by Gasteiger charge is -2.13. The van der Waals surface area contributed by atoms with E-state index in [0.29, 0.717) is 17.0 Å². The van der Waals surface area contributed by atoms with Gasteiger partial charge in [-0.25, -0.2) is 4.39 Å². The molecule has 1 unspecified atom stereocenters. The molecule has 0 aliphatic rings. The van der Waals surface area contributed by atoms with Gasteiger partial charge in [0.1, 0.15) is 17.6 Å². The van der Waals surface area contributed by atoms with Crippen molar-refractivity contribution in [2.45, 2.75) is 33.4 Å². The lowest BCUT2D eigenvalue weighted by molar-refractivity contribution is -0.124. The normalized spacial score (nSPS) is 12.2. The van der Waals surface area contributed by atoms with Gasteiger partial charge in [0.15, 0.2) is 5.76 Å². The fraction of sp³-hybridized carbons (Fsp3) is 0.278. The molecule has 1 amide bonds. The highest BCUT2D eigenvalue weighted by Gasteiger charge is 2.18. The summed E-state index contributed by atoms with van der Waals surface area (Å²) in [5, 5.41) is 11.0. The first-order valence-electron chi connectivity index (χ1n) is 7.96. The van der Waals surface area contributed by atoms with Crippen LogP contribution in [0.15, 0.2) is 40.9 Å². The van der Waals surface area contributed by atoms with Gasteiger partial charge in [0.2, 0.25) is 5.91 Å². The molecule has 0 aliphatic carbocycles. The summed E-state index contributed by atoms with van der Waals surface area (Å²) in [5.41, 5.74) is 2.94. The van der Waals surface area contributed by atoms with Crippen molar-refractivity contribution in [1.29, 1.82) is 0 Å². The van der Waals surface area contributed by atoms with E-state index in [1.807, 2.05) is 19.9 Å². The highest BCUT2D eigenvalue weighted by atomic mass is 19.1. The third-order valence-electron chi connectivity index (χ3n) is 3.91. The summed E-state index contributed by atoms with van der Waals surface area (Å²) >= 11 is 0. The van der Waals surface area contributed by atoms with E-state index in [4.69, 9.17) is 4.52 Å². The fourth-order valence-corrected chi connectivity index (χ4v) is 2.65. The van der Waals surface area contributed by atoms with Crippen molar-refractivity contribution in [2.24, 2.45) is 0 Å². The minimum atomic E-state index is -0.431. The van der Waals surface area contributed by atoms with Gasteiger partial charge in [-0.2, -0.15) is 5.10 Å². The Kier molecular flexibility index (Phi) is 4.65. The van der Waals surface area contributed by atoms with Crippen LogP contribution in [0.5, 0.6) is 0 Å². The largest absolute Gasteiger partial charge is 0.359 e. The molecule has 0 bridgehead atoms. The van der Waals surface area contributed by atoms with Gasteiger partial charge in [-0.15, -0.1) is 0 Å². The Hall–Kier alpha value is -2.96. The molecular formula is C18H19FN4O2. The summed E-state index contributed by atoms with van der Waals surface area (Å²) < 4.78 is 20.2. The summed E-state index contributed by atoms with van der Waals surface area (Å²) in [4.78, 5) is 12.3. The van der Waals surface area contributed by atoms with Crippen LogP contribution in [0.2, 0.25) is 0 Å². The summed E-state index contributed by atoms with van der Waals surface area (Å²) in [6.07, 6.45) is 0. The third kappa shape index (κ3) is 3.76. The molecule has 1 N–H and O–H groups in total. The lowest BCUT2D eigenvalue weighted by Crippen LogP contribution is -2.31. The first kappa shape index (κ1) is 16.9. The highest BCUT2D eigenvalue weighted by molar-refractivity contribution is 5.79. The van der Waals surface area contributed by atoms with Crippen molar-refractivity contribution in [2.75, 3.05) is 0 Å². The number of nitrogens with zero attached hydrogens (tertiary/aromatic N) is 3. The first-order chi connectivity index (χ1) is 11.9. The van der Waals surface area contributed by atoms with Gasteiger partial charge in [0, 0.05) is 17.3 Å².